The summed E-state index contributed by atoms with van der Waals surface area (Å²) in [5, 5.41) is 12.5. The van der Waals surface area contributed by atoms with Crippen molar-refractivity contribution in [3.05, 3.63) is 57.5 Å². The van der Waals surface area contributed by atoms with Gasteiger partial charge < -0.3 is 10.1 Å². The van der Waals surface area contributed by atoms with Gasteiger partial charge in [0, 0.05) is 27.8 Å². The van der Waals surface area contributed by atoms with Crippen LogP contribution in [0.3, 0.4) is 0 Å². The number of ether oxygens (including phenoxy) is 1. The van der Waals surface area contributed by atoms with Crippen LogP contribution in [0, 0.1) is 11.3 Å². The maximum Gasteiger partial charge on any atom is 0.174 e. The van der Waals surface area contributed by atoms with E-state index in [9.17, 15) is 0 Å². The number of halogens is 2. The number of nitrogens with zero attached hydrogens (tertiary/aromatic N) is 1. The molecule has 0 saturated heterocycles. The Bertz CT molecular complexity index is 640. The average Bonchev–Trinajstić information content (AvgIpc) is 2.46. The minimum Gasteiger partial charge on any atom is -0.479 e. The second-order valence-electron chi connectivity index (χ2n) is 4.06. The standard InChI is InChI=1S/C15H12BrClN2O/c16-15-5-4-12(17)8-11(15)10-19-13-2-1-3-14(9-13)20-7-6-18/h1-5,8-9,19H,7,10H2. The van der Waals surface area contributed by atoms with E-state index in [1.54, 1.807) is 0 Å². The van der Waals surface area contributed by atoms with Gasteiger partial charge in [0.15, 0.2) is 6.61 Å². The largest absolute Gasteiger partial charge is 0.479 e. The van der Waals surface area contributed by atoms with Gasteiger partial charge >= 0.3 is 0 Å². The van der Waals surface area contributed by atoms with Crippen molar-refractivity contribution in [3.63, 3.8) is 0 Å². The predicted octanol–water partition coefficient (Wildman–Crippen LogP) is 4.62. The molecule has 0 amide bonds. The molecular formula is C15H12BrClN2O. The van der Waals surface area contributed by atoms with Gasteiger partial charge in [-0.1, -0.05) is 33.6 Å². The minimum atomic E-state index is 0.0449. The highest BCUT2D eigenvalue weighted by Gasteiger charge is 2.02. The molecule has 0 saturated carbocycles. The Balaban J connectivity index is 2.03. The Labute approximate surface area is 131 Å². The lowest BCUT2D eigenvalue weighted by Crippen LogP contribution is -2.01. The Morgan fingerprint density at radius 2 is 2.10 bits per heavy atom. The van der Waals surface area contributed by atoms with E-state index < -0.39 is 0 Å². The number of rotatable bonds is 5. The van der Waals surface area contributed by atoms with Gasteiger partial charge in [-0.25, -0.2) is 0 Å². The molecule has 0 aromatic heterocycles. The monoisotopic (exact) mass is 350 g/mol. The molecule has 0 aliphatic carbocycles. The van der Waals surface area contributed by atoms with Crippen molar-refractivity contribution < 1.29 is 4.74 Å². The zero-order chi connectivity index (χ0) is 14.4. The summed E-state index contributed by atoms with van der Waals surface area (Å²) in [4.78, 5) is 0. The maximum absolute atomic E-state index is 8.50. The van der Waals surface area contributed by atoms with E-state index in [-0.39, 0.29) is 6.61 Å². The second-order valence-corrected chi connectivity index (χ2v) is 5.35. The van der Waals surface area contributed by atoms with Crippen molar-refractivity contribution in [1.82, 2.24) is 0 Å². The fourth-order valence-electron chi connectivity index (χ4n) is 1.69. The molecule has 5 heteroatoms. The lowest BCUT2D eigenvalue weighted by molar-refractivity contribution is 0.368. The summed E-state index contributed by atoms with van der Waals surface area (Å²) in [6.45, 7) is 0.687. The van der Waals surface area contributed by atoms with Gasteiger partial charge in [0.05, 0.1) is 0 Å². The molecule has 0 heterocycles. The van der Waals surface area contributed by atoms with Crippen molar-refractivity contribution in [2.75, 3.05) is 11.9 Å². The molecule has 102 valence electrons. The van der Waals surface area contributed by atoms with Gasteiger partial charge in [0.25, 0.3) is 0 Å². The third-order valence-electron chi connectivity index (χ3n) is 2.63. The molecule has 0 bridgehead atoms. The van der Waals surface area contributed by atoms with E-state index in [1.165, 1.54) is 0 Å². The van der Waals surface area contributed by atoms with Gasteiger partial charge in [-0.3, -0.25) is 0 Å². The molecule has 0 aliphatic heterocycles. The zero-order valence-electron chi connectivity index (χ0n) is 10.6. The van der Waals surface area contributed by atoms with Crippen molar-refractivity contribution in [2.24, 2.45) is 0 Å². The summed E-state index contributed by atoms with van der Waals surface area (Å²) < 4.78 is 6.27. The van der Waals surface area contributed by atoms with Crippen LogP contribution in [0.1, 0.15) is 5.56 Å². The van der Waals surface area contributed by atoms with Gasteiger partial charge in [-0.2, -0.15) is 5.26 Å². The first-order valence-electron chi connectivity index (χ1n) is 5.96. The van der Waals surface area contributed by atoms with E-state index in [0.717, 1.165) is 15.7 Å². The summed E-state index contributed by atoms with van der Waals surface area (Å²) >= 11 is 9.48. The van der Waals surface area contributed by atoms with Crippen LogP contribution in [-0.4, -0.2) is 6.61 Å². The van der Waals surface area contributed by atoms with Gasteiger partial charge in [-0.05, 0) is 35.9 Å². The molecule has 0 unspecified atom stereocenters. The van der Waals surface area contributed by atoms with Crippen LogP contribution >= 0.6 is 27.5 Å². The topological polar surface area (TPSA) is 45.0 Å². The Kier molecular flexibility index (Phi) is 5.28. The molecule has 0 spiro atoms. The molecule has 0 atom stereocenters. The third kappa shape index (κ3) is 4.16. The summed E-state index contributed by atoms with van der Waals surface area (Å²) in [6.07, 6.45) is 0. The van der Waals surface area contributed by atoms with E-state index in [2.05, 4.69) is 21.2 Å². The normalized spacial score (nSPS) is 9.85. The smallest absolute Gasteiger partial charge is 0.174 e. The van der Waals surface area contributed by atoms with E-state index in [4.69, 9.17) is 21.6 Å². The van der Waals surface area contributed by atoms with Gasteiger partial charge in [0.1, 0.15) is 11.8 Å². The number of nitriles is 1. The fraction of sp³-hybridized carbons (Fsp3) is 0.133. The SMILES string of the molecule is N#CCOc1cccc(NCc2cc(Cl)ccc2Br)c1. The van der Waals surface area contributed by atoms with Crippen LogP contribution in [0.4, 0.5) is 5.69 Å². The molecule has 20 heavy (non-hydrogen) atoms. The van der Waals surface area contributed by atoms with Gasteiger partial charge in [-0.15, -0.1) is 0 Å². The summed E-state index contributed by atoms with van der Waals surface area (Å²) in [6, 6.07) is 15.1. The quantitative estimate of drug-likeness (QED) is 0.855. The first-order valence-corrected chi connectivity index (χ1v) is 7.14. The Morgan fingerprint density at radius 3 is 2.90 bits per heavy atom. The lowest BCUT2D eigenvalue weighted by atomic mass is 10.2. The van der Waals surface area contributed by atoms with Crippen molar-refractivity contribution in [2.45, 2.75) is 6.54 Å². The Morgan fingerprint density at radius 1 is 1.25 bits per heavy atom. The van der Waals surface area contributed by atoms with E-state index in [0.29, 0.717) is 17.3 Å². The molecule has 1 N–H and O–H groups in total. The highest BCUT2D eigenvalue weighted by molar-refractivity contribution is 9.10. The van der Waals surface area contributed by atoms with Crippen LogP contribution in [0.2, 0.25) is 5.02 Å². The number of hydrogen-bond acceptors (Lipinski definition) is 3. The van der Waals surface area contributed by atoms with Crippen LogP contribution in [0.15, 0.2) is 46.9 Å². The van der Waals surface area contributed by atoms with Crippen LogP contribution in [0.5, 0.6) is 5.75 Å². The highest BCUT2D eigenvalue weighted by Crippen LogP contribution is 2.23. The first kappa shape index (κ1) is 14.7. The Hall–Kier alpha value is -1.70. The van der Waals surface area contributed by atoms with Crippen molar-refractivity contribution >= 4 is 33.2 Å². The maximum atomic E-state index is 8.50. The molecule has 2 aromatic rings. The van der Waals surface area contributed by atoms with Crippen molar-refractivity contribution in [3.8, 4) is 11.8 Å². The van der Waals surface area contributed by atoms with Gasteiger partial charge in [0.2, 0.25) is 0 Å². The summed E-state index contributed by atoms with van der Waals surface area (Å²) in [5.74, 6) is 0.668. The number of anilines is 1. The lowest BCUT2D eigenvalue weighted by Gasteiger charge is -2.10. The van der Waals surface area contributed by atoms with E-state index >= 15 is 0 Å². The second kappa shape index (κ2) is 7.18. The third-order valence-corrected chi connectivity index (χ3v) is 3.64. The predicted molar refractivity (Wildman–Crippen MR) is 84.0 cm³/mol. The first-order chi connectivity index (χ1) is 9.69. The molecule has 2 aromatic carbocycles. The molecule has 0 fully saturated rings. The van der Waals surface area contributed by atoms with Crippen LogP contribution in [-0.2, 0) is 6.54 Å². The zero-order valence-corrected chi connectivity index (χ0v) is 12.9. The van der Waals surface area contributed by atoms with Crippen LogP contribution < -0.4 is 10.1 Å². The van der Waals surface area contributed by atoms with Crippen LogP contribution in [0.25, 0.3) is 0 Å². The molecule has 0 radical (unpaired) electrons. The number of nitrogens with one attached hydrogen (secondary N) is 1. The molecule has 0 aliphatic rings. The molecule has 3 nitrogen and oxygen atoms in total. The number of hydrogen-bond donors (Lipinski definition) is 1. The average molecular weight is 352 g/mol. The van der Waals surface area contributed by atoms with Crippen molar-refractivity contribution in [1.29, 1.82) is 5.26 Å². The minimum absolute atomic E-state index is 0.0449. The highest BCUT2D eigenvalue weighted by atomic mass is 79.9. The fourth-order valence-corrected chi connectivity index (χ4v) is 2.27. The summed E-state index contributed by atoms with van der Waals surface area (Å²) in [5.41, 5.74) is 1.99. The summed E-state index contributed by atoms with van der Waals surface area (Å²) in [7, 11) is 0. The molecular weight excluding hydrogens is 340 g/mol. The molecule has 2 rings (SSSR count). The van der Waals surface area contributed by atoms with E-state index in [1.807, 2.05) is 48.5 Å². The number of benzene rings is 2.